The lowest BCUT2D eigenvalue weighted by atomic mass is 9.95. The second-order valence-electron chi connectivity index (χ2n) is 5.87. The number of carbonyl (C=O) groups excluding carboxylic acids is 3. The van der Waals surface area contributed by atoms with E-state index in [0.717, 1.165) is 30.6 Å². The minimum Gasteiger partial charge on any atom is -0.352 e. The smallest absolute Gasteiger partial charge is 0.351 e. The SMILES string of the molecule is O=C(CN1C(=O)N=C2C=CC=CC2C1=O)NC1CCCCC1. The Bertz CT molecular complexity index is 585. The highest BCUT2D eigenvalue weighted by atomic mass is 16.2. The largest absolute Gasteiger partial charge is 0.352 e. The van der Waals surface area contributed by atoms with Gasteiger partial charge in [0.25, 0.3) is 0 Å². The summed E-state index contributed by atoms with van der Waals surface area (Å²) in [5.41, 5.74) is 0.446. The van der Waals surface area contributed by atoms with E-state index in [4.69, 9.17) is 0 Å². The lowest BCUT2D eigenvalue weighted by molar-refractivity contribution is -0.134. The molecule has 1 saturated carbocycles. The van der Waals surface area contributed by atoms with Crippen molar-refractivity contribution in [1.82, 2.24) is 10.2 Å². The highest BCUT2D eigenvalue weighted by molar-refractivity contribution is 6.22. The quantitative estimate of drug-likeness (QED) is 0.859. The Morgan fingerprint density at radius 1 is 1.23 bits per heavy atom. The van der Waals surface area contributed by atoms with Crippen LogP contribution in [0, 0.1) is 5.92 Å². The number of hydrogen-bond donors (Lipinski definition) is 1. The van der Waals surface area contributed by atoms with Crippen LogP contribution in [-0.4, -0.2) is 41.0 Å². The summed E-state index contributed by atoms with van der Waals surface area (Å²) in [4.78, 5) is 41.3. The van der Waals surface area contributed by atoms with E-state index in [1.807, 2.05) is 0 Å². The average molecular weight is 301 g/mol. The standard InChI is InChI=1S/C16H19N3O3/c20-14(17-11-6-2-1-3-7-11)10-19-15(21)12-8-4-5-9-13(12)18-16(19)22/h4-5,8-9,11-12H,1-3,6-7,10H2,(H,17,20). The Morgan fingerprint density at radius 3 is 2.77 bits per heavy atom. The number of fused-ring (bicyclic) bond motifs is 1. The molecule has 1 fully saturated rings. The number of allylic oxidation sites excluding steroid dienone is 3. The summed E-state index contributed by atoms with van der Waals surface area (Å²) in [7, 11) is 0. The van der Waals surface area contributed by atoms with Crippen molar-refractivity contribution >= 4 is 23.6 Å². The number of amides is 4. The van der Waals surface area contributed by atoms with Gasteiger partial charge in [0.15, 0.2) is 0 Å². The Hall–Kier alpha value is -2.24. The topological polar surface area (TPSA) is 78.8 Å². The Balaban J connectivity index is 1.64. The predicted octanol–water partition coefficient (Wildman–Crippen LogP) is 1.58. The summed E-state index contributed by atoms with van der Waals surface area (Å²) in [5.74, 6) is -1.22. The van der Waals surface area contributed by atoms with E-state index >= 15 is 0 Å². The van der Waals surface area contributed by atoms with Crippen molar-refractivity contribution in [2.75, 3.05) is 6.54 Å². The first-order valence-electron chi connectivity index (χ1n) is 7.73. The molecule has 1 unspecified atom stereocenters. The summed E-state index contributed by atoms with van der Waals surface area (Å²) in [6.45, 7) is -0.251. The molecule has 0 bridgehead atoms. The number of urea groups is 1. The molecule has 4 amide bonds. The van der Waals surface area contributed by atoms with Crippen molar-refractivity contribution in [3.8, 4) is 0 Å². The zero-order valence-electron chi connectivity index (χ0n) is 12.3. The first-order chi connectivity index (χ1) is 10.6. The molecule has 6 nitrogen and oxygen atoms in total. The summed E-state index contributed by atoms with van der Waals surface area (Å²) in [6.07, 6.45) is 12.2. The number of imide groups is 1. The van der Waals surface area contributed by atoms with Crippen LogP contribution in [0.25, 0.3) is 0 Å². The van der Waals surface area contributed by atoms with E-state index in [2.05, 4.69) is 10.3 Å². The first-order valence-corrected chi connectivity index (χ1v) is 7.73. The molecule has 2 aliphatic carbocycles. The van der Waals surface area contributed by atoms with Gasteiger partial charge in [-0.15, -0.1) is 0 Å². The van der Waals surface area contributed by atoms with E-state index in [1.165, 1.54) is 6.42 Å². The Labute approximate surface area is 129 Å². The molecule has 0 aromatic carbocycles. The van der Waals surface area contributed by atoms with Crippen molar-refractivity contribution in [3.05, 3.63) is 24.3 Å². The molecule has 0 radical (unpaired) electrons. The van der Waals surface area contributed by atoms with Crippen LogP contribution in [0.5, 0.6) is 0 Å². The summed E-state index contributed by atoms with van der Waals surface area (Å²) >= 11 is 0. The maximum absolute atomic E-state index is 12.4. The molecule has 0 aromatic rings. The first kappa shape index (κ1) is 14.7. The van der Waals surface area contributed by atoms with Crippen molar-refractivity contribution in [2.45, 2.75) is 38.1 Å². The van der Waals surface area contributed by atoms with Gasteiger partial charge < -0.3 is 5.32 Å². The van der Waals surface area contributed by atoms with E-state index in [0.29, 0.717) is 5.71 Å². The van der Waals surface area contributed by atoms with Gasteiger partial charge in [-0.05, 0) is 18.9 Å². The van der Waals surface area contributed by atoms with Crippen LogP contribution in [-0.2, 0) is 9.59 Å². The van der Waals surface area contributed by atoms with Crippen LogP contribution in [0.3, 0.4) is 0 Å². The van der Waals surface area contributed by atoms with Crippen LogP contribution < -0.4 is 5.32 Å². The second-order valence-corrected chi connectivity index (χ2v) is 5.87. The molecule has 6 heteroatoms. The van der Waals surface area contributed by atoms with Crippen molar-refractivity contribution in [2.24, 2.45) is 10.9 Å². The van der Waals surface area contributed by atoms with Crippen molar-refractivity contribution < 1.29 is 14.4 Å². The molecule has 116 valence electrons. The van der Waals surface area contributed by atoms with E-state index < -0.39 is 11.9 Å². The molecule has 1 heterocycles. The number of nitrogens with one attached hydrogen (secondary N) is 1. The molecule has 1 N–H and O–H groups in total. The Morgan fingerprint density at radius 2 is 2.00 bits per heavy atom. The number of nitrogens with zero attached hydrogens (tertiary/aromatic N) is 2. The number of aliphatic imine (C=N–C) groups is 1. The fourth-order valence-electron chi connectivity index (χ4n) is 3.09. The molecule has 0 aromatic heterocycles. The highest BCUT2D eigenvalue weighted by Gasteiger charge is 2.36. The van der Waals surface area contributed by atoms with Gasteiger partial charge >= 0.3 is 6.03 Å². The summed E-state index contributed by atoms with van der Waals surface area (Å²) in [5, 5.41) is 2.91. The average Bonchev–Trinajstić information content (AvgIpc) is 2.52. The van der Waals surface area contributed by atoms with E-state index in [9.17, 15) is 14.4 Å². The third kappa shape index (κ3) is 3.00. The van der Waals surface area contributed by atoms with Crippen molar-refractivity contribution in [1.29, 1.82) is 0 Å². The Kier molecular flexibility index (Phi) is 4.18. The molecule has 0 saturated heterocycles. The van der Waals surface area contributed by atoms with Crippen LogP contribution in [0.15, 0.2) is 29.3 Å². The van der Waals surface area contributed by atoms with E-state index in [-0.39, 0.29) is 24.4 Å². The maximum atomic E-state index is 12.4. The van der Waals surface area contributed by atoms with Gasteiger partial charge in [0.2, 0.25) is 11.8 Å². The number of carbonyl (C=O) groups is 3. The lowest BCUT2D eigenvalue weighted by Gasteiger charge is -2.29. The van der Waals surface area contributed by atoms with Crippen LogP contribution in [0.2, 0.25) is 0 Å². The van der Waals surface area contributed by atoms with Gasteiger partial charge in [0, 0.05) is 6.04 Å². The fraction of sp³-hybridized carbons (Fsp3) is 0.500. The molecular weight excluding hydrogens is 282 g/mol. The van der Waals surface area contributed by atoms with Gasteiger partial charge in [-0.1, -0.05) is 37.5 Å². The molecule has 1 atom stereocenters. The lowest BCUT2D eigenvalue weighted by Crippen LogP contribution is -2.51. The van der Waals surface area contributed by atoms with Crippen LogP contribution in [0.4, 0.5) is 4.79 Å². The zero-order valence-corrected chi connectivity index (χ0v) is 12.3. The van der Waals surface area contributed by atoms with Crippen LogP contribution in [0.1, 0.15) is 32.1 Å². The van der Waals surface area contributed by atoms with Gasteiger partial charge in [-0.2, -0.15) is 4.99 Å². The molecule has 3 aliphatic rings. The van der Waals surface area contributed by atoms with Crippen molar-refractivity contribution in [3.63, 3.8) is 0 Å². The molecule has 0 spiro atoms. The number of hydrogen-bond acceptors (Lipinski definition) is 3. The predicted molar refractivity (Wildman–Crippen MR) is 81.3 cm³/mol. The summed E-state index contributed by atoms with van der Waals surface area (Å²) < 4.78 is 0. The van der Waals surface area contributed by atoms with Gasteiger partial charge in [-0.25, -0.2) is 4.79 Å². The number of rotatable bonds is 3. The minimum atomic E-state index is -0.657. The molecule has 22 heavy (non-hydrogen) atoms. The molecular formula is C16H19N3O3. The second kappa shape index (κ2) is 6.25. The minimum absolute atomic E-state index is 0.160. The summed E-state index contributed by atoms with van der Waals surface area (Å²) in [6, 6.07) is -0.497. The third-order valence-electron chi connectivity index (χ3n) is 4.26. The highest BCUT2D eigenvalue weighted by Crippen LogP contribution is 2.20. The van der Waals surface area contributed by atoms with Gasteiger partial charge in [0.05, 0.1) is 11.6 Å². The fourth-order valence-corrected chi connectivity index (χ4v) is 3.09. The third-order valence-corrected chi connectivity index (χ3v) is 4.26. The van der Waals surface area contributed by atoms with Crippen LogP contribution >= 0.6 is 0 Å². The molecule has 3 rings (SSSR count). The van der Waals surface area contributed by atoms with Gasteiger partial charge in [0.1, 0.15) is 6.54 Å². The maximum Gasteiger partial charge on any atom is 0.351 e. The zero-order chi connectivity index (χ0) is 15.5. The van der Waals surface area contributed by atoms with Gasteiger partial charge in [-0.3, -0.25) is 14.5 Å². The normalized spacial score (nSPS) is 25.0. The molecule has 1 aliphatic heterocycles. The monoisotopic (exact) mass is 301 g/mol. The van der Waals surface area contributed by atoms with E-state index in [1.54, 1.807) is 24.3 Å².